The second-order valence-corrected chi connectivity index (χ2v) is 2.76. The van der Waals surface area contributed by atoms with Crippen LogP contribution in [0.2, 0.25) is 0 Å². The highest BCUT2D eigenvalue weighted by Crippen LogP contribution is 1.90. The zero-order valence-corrected chi connectivity index (χ0v) is 8.33. The molecule has 0 spiro atoms. The number of carbonyl (C=O) groups is 2. The SMILES string of the molecule is C=CCNC(=O)CCCOCCC=O. The van der Waals surface area contributed by atoms with Crippen molar-refractivity contribution in [1.82, 2.24) is 5.32 Å². The van der Waals surface area contributed by atoms with Gasteiger partial charge in [0.05, 0.1) is 6.61 Å². The van der Waals surface area contributed by atoms with E-state index in [9.17, 15) is 9.59 Å². The van der Waals surface area contributed by atoms with E-state index >= 15 is 0 Å². The molecule has 4 heteroatoms. The van der Waals surface area contributed by atoms with Gasteiger partial charge in [0, 0.05) is 26.0 Å². The summed E-state index contributed by atoms with van der Waals surface area (Å²) in [4.78, 5) is 20.9. The van der Waals surface area contributed by atoms with E-state index in [1.807, 2.05) is 0 Å². The van der Waals surface area contributed by atoms with Gasteiger partial charge in [-0.3, -0.25) is 4.79 Å². The maximum atomic E-state index is 11.0. The molecule has 0 aromatic heterocycles. The Morgan fingerprint density at radius 2 is 2.21 bits per heavy atom. The van der Waals surface area contributed by atoms with E-state index in [0.29, 0.717) is 39.0 Å². The first-order chi connectivity index (χ1) is 6.81. The molecule has 14 heavy (non-hydrogen) atoms. The average molecular weight is 199 g/mol. The van der Waals surface area contributed by atoms with Crippen LogP contribution < -0.4 is 5.32 Å². The van der Waals surface area contributed by atoms with Crippen LogP contribution in [0.4, 0.5) is 0 Å². The summed E-state index contributed by atoms with van der Waals surface area (Å²) in [6.07, 6.45) is 4.01. The van der Waals surface area contributed by atoms with Crippen LogP contribution in [0.25, 0.3) is 0 Å². The minimum absolute atomic E-state index is 0.00360. The Bertz CT molecular complexity index is 180. The highest BCUT2D eigenvalue weighted by Gasteiger charge is 1.98. The Labute approximate surface area is 84.3 Å². The monoisotopic (exact) mass is 199 g/mol. The minimum atomic E-state index is 0.00360. The standard InChI is InChI=1S/C10H17NO3/c1-2-6-11-10(13)5-3-8-14-9-4-7-12/h2,7H,1,3-6,8-9H2,(H,11,13). The van der Waals surface area contributed by atoms with Crippen molar-refractivity contribution in [2.24, 2.45) is 0 Å². The van der Waals surface area contributed by atoms with Gasteiger partial charge in [-0.15, -0.1) is 6.58 Å². The van der Waals surface area contributed by atoms with E-state index in [1.165, 1.54) is 0 Å². The molecule has 0 aliphatic heterocycles. The first kappa shape index (κ1) is 12.8. The van der Waals surface area contributed by atoms with Crippen molar-refractivity contribution in [3.63, 3.8) is 0 Å². The fourth-order valence-corrected chi connectivity index (χ4v) is 0.843. The molecule has 0 unspecified atom stereocenters. The zero-order chi connectivity index (χ0) is 10.6. The molecule has 0 radical (unpaired) electrons. The summed E-state index contributed by atoms with van der Waals surface area (Å²) in [7, 11) is 0. The van der Waals surface area contributed by atoms with Crippen LogP contribution in [0.1, 0.15) is 19.3 Å². The molecule has 0 fully saturated rings. The predicted octanol–water partition coefficient (Wildman–Crippen LogP) is 0.674. The van der Waals surface area contributed by atoms with Crippen molar-refractivity contribution < 1.29 is 14.3 Å². The normalized spacial score (nSPS) is 9.43. The van der Waals surface area contributed by atoms with Crippen LogP contribution in [0.3, 0.4) is 0 Å². The number of hydrogen-bond acceptors (Lipinski definition) is 3. The molecule has 0 aromatic rings. The molecule has 4 nitrogen and oxygen atoms in total. The maximum absolute atomic E-state index is 11.0. The predicted molar refractivity (Wildman–Crippen MR) is 53.9 cm³/mol. The Hall–Kier alpha value is -1.16. The molecule has 0 heterocycles. The van der Waals surface area contributed by atoms with Crippen molar-refractivity contribution in [2.45, 2.75) is 19.3 Å². The average Bonchev–Trinajstić information content (AvgIpc) is 2.20. The molecular weight excluding hydrogens is 182 g/mol. The minimum Gasteiger partial charge on any atom is -0.381 e. The lowest BCUT2D eigenvalue weighted by molar-refractivity contribution is -0.121. The third-order valence-corrected chi connectivity index (χ3v) is 1.52. The van der Waals surface area contributed by atoms with E-state index in [0.717, 1.165) is 6.29 Å². The third kappa shape index (κ3) is 8.93. The number of ether oxygens (including phenoxy) is 1. The lowest BCUT2D eigenvalue weighted by Gasteiger charge is -2.02. The Balaban J connectivity index is 3.14. The first-order valence-electron chi connectivity index (χ1n) is 4.70. The van der Waals surface area contributed by atoms with Gasteiger partial charge >= 0.3 is 0 Å². The van der Waals surface area contributed by atoms with Crippen LogP contribution in [0, 0.1) is 0 Å². The quantitative estimate of drug-likeness (QED) is 0.337. The molecule has 0 atom stereocenters. The maximum Gasteiger partial charge on any atom is 0.220 e. The van der Waals surface area contributed by atoms with E-state index < -0.39 is 0 Å². The molecule has 1 amide bonds. The molecule has 0 saturated heterocycles. The highest BCUT2D eigenvalue weighted by molar-refractivity contribution is 5.75. The summed E-state index contributed by atoms with van der Waals surface area (Å²) in [5.41, 5.74) is 0. The van der Waals surface area contributed by atoms with Gasteiger partial charge in [-0.05, 0) is 6.42 Å². The van der Waals surface area contributed by atoms with Gasteiger partial charge in [0.2, 0.25) is 5.91 Å². The van der Waals surface area contributed by atoms with Gasteiger partial charge in [-0.1, -0.05) is 6.08 Å². The summed E-state index contributed by atoms with van der Waals surface area (Å²) in [6.45, 7) is 4.96. The third-order valence-electron chi connectivity index (χ3n) is 1.52. The van der Waals surface area contributed by atoms with Crippen molar-refractivity contribution in [1.29, 1.82) is 0 Å². The number of aldehydes is 1. The topological polar surface area (TPSA) is 55.4 Å². The lowest BCUT2D eigenvalue weighted by Crippen LogP contribution is -2.23. The first-order valence-corrected chi connectivity index (χ1v) is 4.70. The molecule has 0 aliphatic carbocycles. The largest absolute Gasteiger partial charge is 0.381 e. The molecule has 0 rings (SSSR count). The Morgan fingerprint density at radius 3 is 2.86 bits per heavy atom. The van der Waals surface area contributed by atoms with Crippen molar-refractivity contribution in [2.75, 3.05) is 19.8 Å². The van der Waals surface area contributed by atoms with Gasteiger partial charge in [-0.2, -0.15) is 0 Å². The molecule has 0 saturated carbocycles. The van der Waals surface area contributed by atoms with Crippen LogP contribution in [0.15, 0.2) is 12.7 Å². The van der Waals surface area contributed by atoms with E-state index in [2.05, 4.69) is 11.9 Å². The summed E-state index contributed by atoms with van der Waals surface area (Å²) in [5.74, 6) is 0.00360. The molecular formula is C10H17NO3. The van der Waals surface area contributed by atoms with Crippen LogP contribution in [-0.2, 0) is 14.3 Å². The van der Waals surface area contributed by atoms with Crippen molar-refractivity contribution >= 4 is 12.2 Å². The van der Waals surface area contributed by atoms with Gasteiger partial charge in [0.25, 0.3) is 0 Å². The fraction of sp³-hybridized carbons (Fsp3) is 0.600. The van der Waals surface area contributed by atoms with Crippen molar-refractivity contribution in [3.05, 3.63) is 12.7 Å². The molecule has 0 aromatic carbocycles. The fourth-order valence-electron chi connectivity index (χ4n) is 0.843. The molecule has 1 N–H and O–H groups in total. The lowest BCUT2D eigenvalue weighted by atomic mass is 10.3. The summed E-state index contributed by atoms with van der Waals surface area (Å²) in [5, 5.41) is 2.67. The number of hydrogen-bond donors (Lipinski definition) is 1. The van der Waals surface area contributed by atoms with Crippen LogP contribution in [-0.4, -0.2) is 32.0 Å². The number of carbonyl (C=O) groups excluding carboxylic acids is 2. The summed E-state index contributed by atoms with van der Waals surface area (Å²) in [6, 6.07) is 0. The molecule has 0 bridgehead atoms. The summed E-state index contributed by atoms with van der Waals surface area (Å²) < 4.78 is 5.10. The van der Waals surface area contributed by atoms with Gasteiger partial charge in [0.1, 0.15) is 6.29 Å². The van der Waals surface area contributed by atoms with Crippen LogP contribution >= 0.6 is 0 Å². The Kier molecular flexibility index (Phi) is 9.10. The zero-order valence-electron chi connectivity index (χ0n) is 8.33. The second-order valence-electron chi connectivity index (χ2n) is 2.76. The van der Waals surface area contributed by atoms with Gasteiger partial charge in [0.15, 0.2) is 0 Å². The van der Waals surface area contributed by atoms with E-state index in [-0.39, 0.29) is 5.91 Å². The molecule has 0 aliphatic rings. The highest BCUT2D eigenvalue weighted by atomic mass is 16.5. The number of rotatable bonds is 9. The smallest absolute Gasteiger partial charge is 0.220 e. The van der Waals surface area contributed by atoms with E-state index in [1.54, 1.807) is 6.08 Å². The summed E-state index contributed by atoms with van der Waals surface area (Å²) >= 11 is 0. The second kappa shape index (κ2) is 9.92. The van der Waals surface area contributed by atoms with Crippen molar-refractivity contribution in [3.8, 4) is 0 Å². The molecule has 80 valence electrons. The Morgan fingerprint density at radius 1 is 1.43 bits per heavy atom. The van der Waals surface area contributed by atoms with Gasteiger partial charge < -0.3 is 14.8 Å². The van der Waals surface area contributed by atoms with E-state index in [4.69, 9.17) is 4.74 Å². The van der Waals surface area contributed by atoms with Crippen LogP contribution in [0.5, 0.6) is 0 Å². The number of nitrogens with one attached hydrogen (secondary N) is 1. The number of amides is 1. The van der Waals surface area contributed by atoms with Gasteiger partial charge in [-0.25, -0.2) is 0 Å².